The first-order valence-corrected chi connectivity index (χ1v) is 7.18. The van der Waals surface area contributed by atoms with E-state index in [1.165, 1.54) is 12.1 Å². The molecule has 1 aliphatic rings. The third kappa shape index (κ3) is 2.80. The van der Waals surface area contributed by atoms with Crippen LogP contribution in [-0.2, 0) is 10.0 Å². The molecular weight excluding hydrogens is 259 g/mol. The van der Waals surface area contributed by atoms with E-state index in [0.29, 0.717) is 25.2 Å². The van der Waals surface area contributed by atoms with Gasteiger partial charge in [-0.3, -0.25) is 0 Å². The topological polar surface area (TPSA) is 83.6 Å². The van der Waals surface area contributed by atoms with Crippen molar-refractivity contribution in [2.45, 2.75) is 23.8 Å². The molecule has 0 radical (unpaired) electrons. The van der Waals surface area contributed by atoms with Gasteiger partial charge in [0.2, 0.25) is 10.0 Å². The van der Waals surface area contributed by atoms with E-state index in [-0.39, 0.29) is 4.90 Å². The van der Waals surface area contributed by atoms with Crippen LogP contribution in [0.15, 0.2) is 23.1 Å². The number of benzene rings is 1. The number of anilines is 1. The van der Waals surface area contributed by atoms with Gasteiger partial charge in [-0.2, -0.15) is 0 Å². The molecule has 0 bridgehead atoms. The van der Waals surface area contributed by atoms with E-state index in [0.717, 1.165) is 12.5 Å². The van der Waals surface area contributed by atoms with Crippen molar-refractivity contribution in [1.82, 2.24) is 0 Å². The number of nitrogens with zero attached hydrogens (tertiary/aromatic N) is 1. The van der Waals surface area contributed by atoms with Crippen LogP contribution in [0.5, 0.6) is 0 Å². The Kier molecular flexibility index (Phi) is 3.56. The molecule has 0 aliphatic carbocycles. The molecule has 3 N–H and O–H groups in total. The average Bonchev–Trinajstić information content (AvgIpc) is 2.27. The molecule has 7 heteroatoms. The van der Waals surface area contributed by atoms with Gasteiger partial charge < -0.3 is 10.0 Å². The van der Waals surface area contributed by atoms with Crippen LogP contribution in [0.1, 0.15) is 12.8 Å². The lowest BCUT2D eigenvalue weighted by Gasteiger charge is -2.32. The fraction of sp³-hybridized carbons (Fsp3) is 0.455. The number of primary sulfonamides is 1. The lowest BCUT2D eigenvalue weighted by Crippen LogP contribution is -2.38. The number of piperidine rings is 1. The predicted molar refractivity (Wildman–Crippen MR) is 65.2 cm³/mol. The van der Waals surface area contributed by atoms with E-state index in [4.69, 9.17) is 5.14 Å². The van der Waals surface area contributed by atoms with E-state index in [9.17, 15) is 17.9 Å². The van der Waals surface area contributed by atoms with Crippen molar-refractivity contribution < 1.29 is 17.9 Å². The van der Waals surface area contributed by atoms with Crippen molar-refractivity contribution in [2.75, 3.05) is 18.0 Å². The van der Waals surface area contributed by atoms with Gasteiger partial charge in [0.1, 0.15) is 5.82 Å². The van der Waals surface area contributed by atoms with Gasteiger partial charge >= 0.3 is 0 Å². The van der Waals surface area contributed by atoms with Gasteiger partial charge in [0.05, 0.1) is 16.7 Å². The first-order chi connectivity index (χ1) is 8.38. The Balaban J connectivity index is 2.30. The maximum Gasteiger partial charge on any atom is 0.238 e. The van der Waals surface area contributed by atoms with Crippen LogP contribution in [0.25, 0.3) is 0 Å². The third-order valence-corrected chi connectivity index (χ3v) is 3.90. The van der Waals surface area contributed by atoms with E-state index in [2.05, 4.69) is 0 Å². The standard InChI is InChI=1S/C11H15FN2O3S/c12-10-6-9(18(13,16)17)3-4-11(10)14-5-1-2-8(15)7-14/h3-4,6,8,15H,1-2,5,7H2,(H2,13,16,17)/t8-/m0/s1. The maximum absolute atomic E-state index is 13.8. The molecule has 1 fully saturated rings. The zero-order valence-corrected chi connectivity index (χ0v) is 10.5. The van der Waals surface area contributed by atoms with Crippen molar-refractivity contribution in [2.24, 2.45) is 5.14 Å². The molecular formula is C11H15FN2O3S. The number of aliphatic hydroxyl groups is 1. The van der Waals surface area contributed by atoms with Crippen LogP contribution < -0.4 is 10.0 Å². The molecule has 100 valence electrons. The summed E-state index contributed by atoms with van der Waals surface area (Å²) in [6, 6.07) is 3.56. The summed E-state index contributed by atoms with van der Waals surface area (Å²) in [7, 11) is -3.89. The zero-order chi connectivity index (χ0) is 13.3. The molecule has 2 rings (SSSR count). The Hall–Kier alpha value is -1.18. The Bertz CT molecular complexity index is 547. The molecule has 1 heterocycles. The fourth-order valence-corrected chi connectivity index (χ4v) is 2.62. The highest BCUT2D eigenvalue weighted by Crippen LogP contribution is 2.25. The molecule has 0 amide bonds. The van der Waals surface area contributed by atoms with Gasteiger partial charge in [-0.1, -0.05) is 0 Å². The molecule has 1 aromatic carbocycles. The minimum absolute atomic E-state index is 0.249. The van der Waals surface area contributed by atoms with Crippen molar-refractivity contribution in [3.63, 3.8) is 0 Å². The first-order valence-electron chi connectivity index (χ1n) is 5.63. The van der Waals surface area contributed by atoms with Crippen molar-refractivity contribution in [3.8, 4) is 0 Å². The van der Waals surface area contributed by atoms with Gasteiger partial charge in [0.15, 0.2) is 0 Å². The minimum Gasteiger partial charge on any atom is -0.391 e. The summed E-state index contributed by atoms with van der Waals surface area (Å²) >= 11 is 0. The third-order valence-electron chi connectivity index (χ3n) is 2.98. The summed E-state index contributed by atoms with van der Waals surface area (Å²) < 4.78 is 36.0. The molecule has 1 atom stereocenters. The van der Waals surface area contributed by atoms with Gasteiger partial charge in [0.25, 0.3) is 0 Å². The number of nitrogens with two attached hydrogens (primary N) is 1. The number of hydrogen-bond acceptors (Lipinski definition) is 4. The lowest BCUT2D eigenvalue weighted by atomic mass is 10.1. The Morgan fingerprint density at radius 2 is 2.17 bits per heavy atom. The highest BCUT2D eigenvalue weighted by molar-refractivity contribution is 7.89. The van der Waals surface area contributed by atoms with Gasteiger partial charge in [-0.15, -0.1) is 0 Å². The summed E-state index contributed by atoms with van der Waals surface area (Å²) in [6.45, 7) is 0.994. The van der Waals surface area contributed by atoms with E-state index in [1.54, 1.807) is 4.90 Å². The van der Waals surface area contributed by atoms with E-state index in [1.807, 2.05) is 0 Å². The van der Waals surface area contributed by atoms with Gasteiger partial charge in [0, 0.05) is 13.1 Å². The number of sulfonamides is 1. The van der Waals surface area contributed by atoms with Crippen molar-refractivity contribution in [3.05, 3.63) is 24.0 Å². The summed E-state index contributed by atoms with van der Waals surface area (Å²) in [5.74, 6) is -0.643. The Labute approximate surface area is 105 Å². The number of β-amino-alcohol motifs (C(OH)–C–C–N with tert-alkyl or cyclic N) is 1. The van der Waals surface area contributed by atoms with Gasteiger partial charge in [-0.25, -0.2) is 17.9 Å². The van der Waals surface area contributed by atoms with Crippen LogP contribution in [0, 0.1) is 5.82 Å². The van der Waals surface area contributed by atoms with Crippen molar-refractivity contribution in [1.29, 1.82) is 0 Å². The molecule has 0 unspecified atom stereocenters. The number of rotatable bonds is 2. The van der Waals surface area contributed by atoms with Crippen molar-refractivity contribution >= 4 is 15.7 Å². The summed E-state index contributed by atoms with van der Waals surface area (Å²) in [5, 5.41) is 14.5. The summed E-state index contributed by atoms with van der Waals surface area (Å²) in [4.78, 5) is 1.46. The van der Waals surface area contributed by atoms with Gasteiger partial charge in [-0.05, 0) is 31.0 Å². The van der Waals surface area contributed by atoms with Crippen LogP contribution >= 0.6 is 0 Å². The molecule has 1 aromatic rings. The molecule has 1 aliphatic heterocycles. The second-order valence-electron chi connectivity index (χ2n) is 4.40. The highest BCUT2D eigenvalue weighted by Gasteiger charge is 2.21. The molecule has 5 nitrogen and oxygen atoms in total. The zero-order valence-electron chi connectivity index (χ0n) is 9.71. The second-order valence-corrected chi connectivity index (χ2v) is 5.96. The number of halogens is 1. The second kappa shape index (κ2) is 4.83. The fourth-order valence-electron chi connectivity index (χ4n) is 2.09. The number of aliphatic hydroxyl groups excluding tert-OH is 1. The molecule has 1 saturated heterocycles. The minimum atomic E-state index is -3.89. The van der Waals surface area contributed by atoms with Crippen LogP contribution in [0.3, 0.4) is 0 Å². The molecule has 18 heavy (non-hydrogen) atoms. The molecule has 0 saturated carbocycles. The summed E-state index contributed by atoms with van der Waals surface area (Å²) in [5.41, 5.74) is 0.293. The van der Waals surface area contributed by atoms with Crippen LogP contribution in [0.4, 0.5) is 10.1 Å². The SMILES string of the molecule is NS(=O)(=O)c1ccc(N2CCC[C@H](O)C2)c(F)c1. The average molecular weight is 274 g/mol. The molecule has 0 spiro atoms. The van der Waals surface area contributed by atoms with Crippen LogP contribution in [-0.4, -0.2) is 32.7 Å². The first kappa shape index (κ1) is 13.3. The smallest absolute Gasteiger partial charge is 0.238 e. The van der Waals surface area contributed by atoms with Crippen LogP contribution in [0.2, 0.25) is 0 Å². The monoisotopic (exact) mass is 274 g/mol. The Morgan fingerprint density at radius 1 is 1.44 bits per heavy atom. The quantitative estimate of drug-likeness (QED) is 0.819. The maximum atomic E-state index is 13.8. The highest BCUT2D eigenvalue weighted by atomic mass is 32.2. The largest absolute Gasteiger partial charge is 0.391 e. The van der Waals surface area contributed by atoms with E-state index < -0.39 is 21.9 Å². The summed E-state index contributed by atoms with van der Waals surface area (Å²) in [6.07, 6.45) is 1.00. The number of hydrogen-bond donors (Lipinski definition) is 2. The normalized spacial score (nSPS) is 21.1. The molecule has 0 aromatic heterocycles. The predicted octanol–water partition coefficient (Wildman–Crippen LogP) is 0.434. The van der Waals surface area contributed by atoms with E-state index >= 15 is 0 Å². The Morgan fingerprint density at radius 3 is 2.72 bits per heavy atom. The lowest BCUT2D eigenvalue weighted by molar-refractivity contribution is 0.154.